The molecule has 1 N–H and O–H groups in total. The number of rotatable bonds is 3. The summed E-state index contributed by atoms with van der Waals surface area (Å²) < 4.78 is 0. The lowest BCUT2D eigenvalue weighted by Crippen LogP contribution is -2.31. The van der Waals surface area contributed by atoms with Gasteiger partial charge in [-0.15, -0.1) is 0 Å². The summed E-state index contributed by atoms with van der Waals surface area (Å²) in [6.45, 7) is 4.86. The molecule has 1 aliphatic rings. The molecule has 0 unspecified atom stereocenters. The molecular formula is C18H21N3O. The van der Waals surface area contributed by atoms with Gasteiger partial charge < -0.3 is 10.2 Å². The van der Waals surface area contributed by atoms with Gasteiger partial charge in [-0.1, -0.05) is 18.2 Å². The van der Waals surface area contributed by atoms with Crippen molar-refractivity contribution < 1.29 is 4.79 Å². The van der Waals surface area contributed by atoms with Gasteiger partial charge in [-0.05, 0) is 50.5 Å². The molecule has 114 valence electrons. The van der Waals surface area contributed by atoms with Crippen molar-refractivity contribution in [3.05, 3.63) is 53.9 Å². The van der Waals surface area contributed by atoms with Crippen molar-refractivity contribution >= 4 is 17.3 Å². The molecule has 2 heterocycles. The van der Waals surface area contributed by atoms with E-state index in [1.807, 2.05) is 26.0 Å². The molecule has 0 radical (unpaired) electrons. The number of para-hydroxylation sites is 1. The molecule has 0 aliphatic carbocycles. The van der Waals surface area contributed by atoms with Gasteiger partial charge in [-0.2, -0.15) is 0 Å². The number of aromatic nitrogens is 1. The Morgan fingerprint density at radius 1 is 1.27 bits per heavy atom. The normalized spacial score (nSPS) is 13.9. The molecule has 0 saturated heterocycles. The first-order valence-corrected chi connectivity index (χ1v) is 7.77. The van der Waals surface area contributed by atoms with Crippen molar-refractivity contribution in [2.75, 3.05) is 11.4 Å². The van der Waals surface area contributed by atoms with E-state index in [1.165, 1.54) is 11.3 Å². The molecule has 1 amide bonds. The number of hydrogen-bond donors (Lipinski definition) is 1. The van der Waals surface area contributed by atoms with Crippen LogP contribution in [0.15, 0.2) is 42.6 Å². The van der Waals surface area contributed by atoms with Crippen LogP contribution in [-0.4, -0.2) is 23.5 Å². The standard InChI is InChI=1S/C18H21N3O/c1-13(2)20-18(22)16-12-15(9-10-19-16)21-11-5-7-14-6-3-4-8-17(14)21/h3-4,6,8-10,12-13H,5,7,11H2,1-2H3,(H,20,22). The van der Waals surface area contributed by atoms with Crippen molar-refractivity contribution in [3.8, 4) is 0 Å². The summed E-state index contributed by atoms with van der Waals surface area (Å²) in [5.41, 5.74) is 4.08. The highest BCUT2D eigenvalue weighted by atomic mass is 16.1. The van der Waals surface area contributed by atoms with Crippen LogP contribution in [-0.2, 0) is 6.42 Å². The maximum atomic E-state index is 12.1. The van der Waals surface area contributed by atoms with Crippen LogP contribution in [0.2, 0.25) is 0 Å². The average molecular weight is 295 g/mol. The second-order valence-corrected chi connectivity index (χ2v) is 5.91. The van der Waals surface area contributed by atoms with Gasteiger partial charge in [-0.25, -0.2) is 0 Å². The van der Waals surface area contributed by atoms with Crippen molar-refractivity contribution in [1.82, 2.24) is 10.3 Å². The van der Waals surface area contributed by atoms with Crippen LogP contribution >= 0.6 is 0 Å². The summed E-state index contributed by atoms with van der Waals surface area (Å²) >= 11 is 0. The number of aryl methyl sites for hydroxylation is 1. The van der Waals surface area contributed by atoms with E-state index in [2.05, 4.69) is 39.5 Å². The first-order chi connectivity index (χ1) is 10.6. The van der Waals surface area contributed by atoms with Gasteiger partial charge in [0.1, 0.15) is 5.69 Å². The van der Waals surface area contributed by atoms with Gasteiger partial charge in [0.15, 0.2) is 0 Å². The van der Waals surface area contributed by atoms with Crippen molar-refractivity contribution in [1.29, 1.82) is 0 Å². The quantitative estimate of drug-likeness (QED) is 0.945. The molecule has 1 aromatic carbocycles. The van der Waals surface area contributed by atoms with E-state index in [0.29, 0.717) is 5.69 Å². The van der Waals surface area contributed by atoms with E-state index < -0.39 is 0 Å². The number of benzene rings is 1. The predicted octanol–water partition coefficient (Wildman–Crippen LogP) is 3.30. The van der Waals surface area contributed by atoms with Crippen LogP contribution in [0.4, 0.5) is 11.4 Å². The summed E-state index contributed by atoms with van der Waals surface area (Å²) in [5.74, 6) is -0.123. The molecule has 0 spiro atoms. The molecule has 3 rings (SSSR count). The molecule has 1 aromatic heterocycles. The Balaban J connectivity index is 1.92. The second-order valence-electron chi connectivity index (χ2n) is 5.91. The Morgan fingerprint density at radius 2 is 2.09 bits per heavy atom. The monoisotopic (exact) mass is 295 g/mol. The van der Waals surface area contributed by atoms with E-state index in [4.69, 9.17) is 0 Å². The molecule has 0 bridgehead atoms. The fourth-order valence-electron chi connectivity index (χ4n) is 2.85. The summed E-state index contributed by atoms with van der Waals surface area (Å²) in [4.78, 5) is 18.6. The van der Waals surface area contributed by atoms with E-state index >= 15 is 0 Å². The Kier molecular flexibility index (Phi) is 4.09. The molecule has 22 heavy (non-hydrogen) atoms. The first-order valence-electron chi connectivity index (χ1n) is 7.77. The first kappa shape index (κ1) is 14.6. The third-order valence-corrected chi connectivity index (χ3v) is 3.82. The van der Waals surface area contributed by atoms with Gasteiger partial charge in [0, 0.05) is 30.2 Å². The van der Waals surface area contributed by atoms with Crippen LogP contribution in [0.1, 0.15) is 36.3 Å². The van der Waals surface area contributed by atoms with E-state index in [9.17, 15) is 4.79 Å². The van der Waals surface area contributed by atoms with Gasteiger partial charge in [0.2, 0.25) is 0 Å². The van der Waals surface area contributed by atoms with Crippen molar-refractivity contribution in [3.63, 3.8) is 0 Å². The molecule has 0 atom stereocenters. The number of amides is 1. The zero-order chi connectivity index (χ0) is 15.5. The zero-order valence-electron chi connectivity index (χ0n) is 13.0. The summed E-state index contributed by atoms with van der Waals surface area (Å²) in [6.07, 6.45) is 3.94. The number of anilines is 2. The number of nitrogens with zero attached hydrogens (tertiary/aromatic N) is 2. The Morgan fingerprint density at radius 3 is 2.91 bits per heavy atom. The minimum absolute atomic E-state index is 0.105. The third-order valence-electron chi connectivity index (χ3n) is 3.82. The zero-order valence-corrected chi connectivity index (χ0v) is 13.0. The maximum Gasteiger partial charge on any atom is 0.270 e. The molecule has 4 nitrogen and oxygen atoms in total. The van der Waals surface area contributed by atoms with Gasteiger partial charge in [-0.3, -0.25) is 9.78 Å². The van der Waals surface area contributed by atoms with Crippen LogP contribution < -0.4 is 10.2 Å². The molecule has 1 aliphatic heterocycles. The minimum atomic E-state index is -0.123. The van der Waals surface area contributed by atoms with Crippen molar-refractivity contribution in [2.45, 2.75) is 32.7 Å². The molecule has 4 heteroatoms. The minimum Gasteiger partial charge on any atom is -0.349 e. The smallest absolute Gasteiger partial charge is 0.270 e. The van der Waals surface area contributed by atoms with Crippen LogP contribution in [0, 0.1) is 0 Å². The van der Waals surface area contributed by atoms with Gasteiger partial charge in [0.05, 0.1) is 0 Å². The second kappa shape index (κ2) is 6.18. The van der Waals surface area contributed by atoms with Gasteiger partial charge >= 0.3 is 0 Å². The average Bonchev–Trinajstić information content (AvgIpc) is 2.54. The lowest BCUT2D eigenvalue weighted by Gasteiger charge is -2.31. The number of carbonyl (C=O) groups is 1. The Labute approximate surface area is 131 Å². The van der Waals surface area contributed by atoms with Crippen LogP contribution in [0.25, 0.3) is 0 Å². The van der Waals surface area contributed by atoms with Gasteiger partial charge in [0.25, 0.3) is 5.91 Å². The fraction of sp³-hybridized carbons (Fsp3) is 0.333. The van der Waals surface area contributed by atoms with Crippen molar-refractivity contribution in [2.24, 2.45) is 0 Å². The summed E-state index contributed by atoms with van der Waals surface area (Å²) in [5, 5.41) is 2.89. The number of pyridine rings is 1. The Bertz CT molecular complexity index is 682. The third kappa shape index (κ3) is 2.96. The molecule has 2 aromatic rings. The number of fused-ring (bicyclic) bond motifs is 1. The van der Waals surface area contributed by atoms with Crippen LogP contribution in [0.3, 0.4) is 0 Å². The highest BCUT2D eigenvalue weighted by Gasteiger charge is 2.19. The number of carbonyl (C=O) groups excluding carboxylic acids is 1. The molecule has 0 saturated carbocycles. The van der Waals surface area contributed by atoms with E-state index in [1.54, 1.807) is 6.20 Å². The summed E-state index contributed by atoms with van der Waals surface area (Å²) in [6, 6.07) is 12.4. The van der Waals surface area contributed by atoms with E-state index in [-0.39, 0.29) is 11.9 Å². The summed E-state index contributed by atoms with van der Waals surface area (Å²) in [7, 11) is 0. The van der Waals surface area contributed by atoms with E-state index in [0.717, 1.165) is 25.1 Å². The number of nitrogens with one attached hydrogen (secondary N) is 1. The fourth-order valence-corrected chi connectivity index (χ4v) is 2.85. The topological polar surface area (TPSA) is 45.2 Å². The highest BCUT2D eigenvalue weighted by molar-refractivity contribution is 5.93. The lowest BCUT2D eigenvalue weighted by molar-refractivity contribution is 0.0938. The highest BCUT2D eigenvalue weighted by Crippen LogP contribution is 2.33. The molecule has 0 fully saturated rings. The lowest BCUT2D eigenvalue weighted by atomic mass is 10.0. The number of hydrogen-bond acceptors (Lipinski definition) is 3. The molecular weight excluding hydrogens is 274 g/mol. The Hall–Kier alpha value is -2.36. The van der Waals surface area contributed by atoms with Crippen LogP contribution in [0.5, 0.6) is 0 Å². The predicted molar refractivity (Wildman–Crippen MR) is 88.6 cm³/mol. The SMILES string of the molecule is CC(C)NC(=O)c1cc(N2CCCc3ccccc32)ccn1. The maximum absolute atomic E-state index is 12.1. The largest absolute Gasteiger partial charge is 0.349 e.